The Morgan fingerprint density at radius 3 is 2.57 bits per heavy atom. The maximum Gasteiger partial charge on any atom is 0.197 e. The predicted octanol–water partition coefficient (Wildman–Crippen LogP) is 1.72. The summed E-state index contributed by atoms with van der Waals surface area (Å²) in [6.07, 6.45) is -4.33. The first-order valence-electron chi connectivity index (χ1n) is 9.50. The van der Waals surface area contributed by atoms with Gasteiger partial charge in [0, 0.05) is 24.1 Å². The van der Waals surface area contributed by atoms with Gasteiger partial charge in [-0.15, -0.1) is 0 Å². The zero-order valence-corrected chi connectivity index (χ0v) is 16.2. The summed E-state index contributed by atoms with van der Waals surface area (Å²) in [7, 11) is 1.39. The van der Waals surface area contributed by atoms with Crippen LogP contribution in [0.3, 0.4) is 0 Å². The van der Waals surface area contributed by atoms with Crippen LogP contribution in [0.2, 0.25) is 0 Å². The van der Waals surface area contributed by atoms with Gasteiger partial charge in [0.1, 0.15) is 34.9 Å². The lowest BCUT2D eigenvalue weighted by atomic mass is 9.92. The van der Waals surface area contributed by atoms with Crippen LogP contribution in [0.5, 0.6) is 11.5 Å². The van der Waals surface area contributed by atoms with Crippen LogP contribution in [-0.4, -0.2) is 52.5 Å². The number of benzene rings is 2. The summed E-state index contributed by atoms with van der Waals surface area (Å²) >= 11 is 0. The van der Waals surface area contributed by atoms with Gasteiger partial charge in [0.15, 0.2) is 11.0 Å². The van der Waals surface area contributed by atoms with Crippen molar-refractivity contribution in [3.63, 3.8) is 0 Å². The molecule has 1 aliphatic rings. The van der Waals surface area contributed by atoms with E-state index in [1.165, 1.54) is 19.2 Å². The smallest absolute Gasteiger partial charge is 0.197 e. The van der Waals surface area contributed by atoms with E-state index in [2.05, 4.69) is 0 Å². The summed E-state index contributed by atoms with van der Waals surface area (Å²) < 4.78 is 17.2. The van der Waals surface area contributed by atoms with E-state index in [0.717, 1.165) is 0 Å². The van der Waals surface area contributed by atoms with Gasteiger partial charge in [-0.2, -0.15) is 0 Å². The van der Waals surface area contributed by atoms with Gasteiger partial charge >= 0.3 is 0 Å². The van der Waals surface area contributed by atoms with E-state index in [9.17, 15) is 25.2 Å². The Morgan fingerprint density at radius 2 is 1.90 bits per heavy atom. The molecule has 0 bridgehead atoms. The topological polar surface area (TPSA) is 130 Å². The summed E-state index contributed by atoms with van der Waals surface area (Å²) in [4.78, 5) is 12.8. The Balaban J connectivity index is 1.97. The molecule has 4 N–H and O–H groups in total. The summed E-state index contributed by atoms with van der Waals surface area (Å²) in [6, 6.07) is 11.6. The second-order valence-electron chi connectivity index (χ2n) is 7.20. The highest BCUT2D eigenvalue weighted by atomic mass is 16.5. The SMILES string of the molecule is COc1cc(O)c2c(=O)cc(-c3ccccc3)oc2c1C1CC(O)C(O)C(CO)O1. The van der Waals surface area contributed by atoms with E-state index in [-0.39, 0.29) is 34.6 Å². The largest absolute Gasteiger partial charge is 0.507 e. The van der Waals surface area contributed by atoms with Crippen molar-refractivity contribution in [2.75, 3.05) is 13.7 Å². The summed E-state index contributed by atoms with van der Waals surface area (Å²) in [5.41, 5.74) is 0.581. The van der Waals surface area contributed by atoms with Crippen molar-refractivity contribution in [2.24, 2.45) is 0 Å². The molecule has 1 aliphatic heterocycles. The first-order chi connectivity index (χ1) is 14.4. The molecule has 8 nitrogen and oxygen atoms in total. The molecule has 4 rings (SSSR count). The number of rotatable bonds is 4. The molecular weight excluding hydrogens is 392 g/mol. The van der Waals surface area contributed by atoms with E-state index in [1.54, 1.807) is 24.3 Å². The molecular formula is C22H22O8. The first kappa shape index (κ1) is 20.4. The van der Waals surface area contributed by atoms with Crippen molar-refractivity contribution in [3.8, 4) is 22.8 Å². The third kappa shape index (κ3) is 3.44. The Kier molecular flexibility index (Phi) is 5.48. The fourth-order valence-electron chi connectivity index (χ4n) is 3.82. The van der Waals surface area contributed by atoms with Gasteiger partial charge in [-0.25, -0.2) is 0 Å². The van der Waals surface area contributed by atoms with Gasteiger partial charge in [-0.05, 0) is 0 Å². The van der Waals surface area contributed by atoms with Crippen molar-refractivity contribution in [3.05, 3.63) is 58.3 Å². The second-order valence-corrected chi connectivity index (χ2v) is 7.20. The lowest BCUT2D eigenvalue weighted by Crippen LogP contribution is -2.47. The molecule has 1 saturated heterocycles. The van der Waals surface area contributed by atoms with Crippen LogP contribution in [0.25, 0.3) is 22.3 Å². The van der Waals surface area contributed by atoms with E-state index in [1.807, 2.05) is 6.07 Å². The van der Waals surface area contributed by atoms with E-state index >= 15 is 0 Å². The molecule has 4 atom stereocenters. The maximum atomic E-state index is 12.8. The van der Waals surface area contributed by atoms with E-state index < -0.39 is 36.5 Å². The van der Waals surface area contributed by atoms with Crippen LogP contribution in [0.1, 0.15) is 18.1 Å². The number of fused-ring (bicyclic) bond motifs is 1. The fraction of sp³-hybridized carbons (Fsp3) is 0.318. The van der Waals surface area contributed by atoms with Crippen LogP contribution in [0.4, 0.5) is 0 Å². The molecule has 3 aromatic rings. The summed E-state index contributed by atoms with van der Waals surface area (Å²) in [6.45, 7) is -0.508. The van der Waals surface area contributed by atoms with Gasteiger partial charge in [-0.1, -0.05) is 30.3 Å². The molecule has 1 aromatic heterocycles. The number of aromatic hydroxyl groups is 1. The first-order valence-corrected chi connectivity index (χ1v) is 9.50. The number of phenolic OH excluding ortho intramolecular Hbond substituents is 1. The number of ether oxygens (including phenoxy) is 2. The monoisotopic (exact) mass is 414 g/mol. The molecule has 158 valence electrons. The van der Waals surface area contributed by atoms with Crippen molar-refractivity contribution in [1.82, 2.24) is 0 Å². The van der Waals surface area contributed by atoms with Gasteiger partial charge < -0.3 is 34.3 Å². The third-order valence-corrected chi connectivity index (χ3v) is 5.33. The van der Waals surface area contributed by atoms with Gasteiger partial charge in [0.2, 0.25) is 0 Å². The molecule has 4 unspecified atom stereocenters. The zero-order chi connectivity index (χ0) is 21.4. The van der Waals surface area contributed by atoms with Crippen molar-refractivity contribution in [2.45, 2.75) is 30.8 Å². The average Bonchev–Trinajstić information content (AvgIpc) is 2.75. The summed E-state index contributed by atoms with van der Waals surface area (Å²) in [5.74, 6) is 0.171. The fourth-order valence-corrected chi connectivity index (χ4v) is 3.82. The average molecular weight is 414 g/mol. The lowest BCUT2D eigenvalue weighted by molar-refractivity contribution is -0.181. The highest BCUT2D eigenvalue weighted by molar-refractivity contribution is 5.89. The third-order valence-electron chi connectivity index (χ3n) is 5.33. The number of aliphatic hydroxyl groups excluding tert-OH is 3. The van der Waals surface area contributed by atoms with Crippen molar-refractivity contribution < 1.29 is 34.3 Å². The van der Waals surface area contributed by atoms with Gasteiger partial charge in [0.25, 0.3) is 0 Å². The van der Waals surface area contributed by atoms with Crippen LogP contribution >= 0.6 is 0 Å². The Labute approximate surface area is 171 Å². The molecule has 0 saturated carbocycles. The minimum atomic E-state index is -1.26. The van der Waals surface area contributed by atoms with Crippen molar-refractivity contribution in [1.29, 1.82) is 0 Å². The molecule has 2 heterocycles. The molecule has 0 radical (unpaired) electrons. The number of methoxy groups -OCH3 is 1. The Morgan fingerprint density at radius 1 is 1.17 bits per heavy atom. The minimum absolute atomic E-state index is 0.0207. The van der Waals surface area contributed by atoms with Crippen LogP contribution in [0, 0.1) is 0 Å². The normalized spacial score (nSPS) is 24.1. The van der Waals surface area contributed by atoms with Gasteiger partial charge in [0.05, 0.1) is 31.5 Å². The zero-order valence-electron chi connectivity index (χ0n) is 16.2. The minimum Gasteiger partial charge on any atom is -0.507 e. The highest BCUT2D eigenvalue weighted by Gasteiger charge is 2.39. The number of phenols is 1. The second kappa shape index (κ2) is 8.08. The highest BCUT2D eigenvalue weighted by Crippen LogP contribution is 2.43. The van der Waals surface area contributed by atoms with Gasteiger partial charge in [-0.3, -0.25) is 4.79 Å². The Hall–Kier alpha value is -2.91. The number of aliphatic hydroxyl groups is 3. The molecule has 30 heavy (non-hydrogen) atoms. The molecule has 0 spiro atoms. The molecule has 2 aromatic carbocycles. The van der Waals surface area contributed by atoms with E-state index in [4.69, 9.17) is 13.9 Å². The van der Waals surface area contributed by atoms with Crippen LogP contribution in [0.15, 0.2) is 51.7 Å². The molecule has 0 amide bonds. The van der Waals surface area contributed by atoms with E-state index in [0.29, 0.717) is 11.1 Å². The molecule has 8 heteroatoms. The molecule has 0 aliphatic carbocycles. The maximum absolute atomic E-state index is 12.8. The van der Waals surface area contributed by atoms with Crippen molar-refractivity contribution >= 4 is 11.0 Å². The number of hydrogen-bond acceptors (Lipinski definition) is 8. The lowest BCUT2D eigenvalue weighted by Gasteiger charge is -2.37. The summed E-state index contributed by atoms with van der Waals surface area (Å²) in [5, 5.41) is 40.2. The van der Waals surface area contributed by atoms with Crippen LogP contribution < -0.4 is 10.2 Å². The number of hydrogen-bond donors (Lipinski definition) is 4. The molecule has 1 fully saturated rings. The Bertz CT molecular complexity index is 1110. The quantitative estimate of drug-likeness (QED) is 0.508. The predicted molar refractivity (Wildman–Crippen MR) is 107 cm³/mol. The van der Waals surface area contributed by atoms with Crippen LogP contribution in [-0.2, 0) is 4.74 Å². The standard InChI is InChI=1S/C22H22O8/c1-28-16-8-13(25)19-12(24)7-15(11-5-3-2-4-6-11)30-22(19)20(16)17-9-14(26)21(27)18(10-23)29-17/h2-8,14,17-18,21,23,25-27H,9-10H2,1H3.